The fourth-order valence-electron chi connectivity index (χ4n) is 3.86. The first-order valence-electron chi connectivity index (χ1n) is 15.9. The van der Waals surface area contributed by atoms with E-state index in [1.54, 1.807) is 21.3 Å². The molecule has 0 bridgehead atoms. The molecule has 0 fully saturated rings. The van der Waals surface area contributed by atoms with Crippen molar-refractivity contribution in [1.82, 2.24) is 0 Å². The van der Waals surface area contributed by atoms with E-state index in [4.69, 9.17) is 33.5 Å². The average molecular weight is 2460 g/mol. The normalized spacial score (nSPS) is 6.15. The summed E-state index contributed by atoms with van der Waals surface area (Å²) >= 11 is 0. The fourth-order valence-corrected chi connectivity index (χ4v) is 8.53. The summed E-state index contributed by atoms with van der Waals surface area (Å²) in [6.07, 6.45) is 14.8. The third-order valence-corrected chi connectivity index (χ3v) is 12.7. The smallest absolute Gasteiger partial charge is 0.154 e. The van der Waals surface area contributed by atoms with E-state index in [1.165, 1.54) is 70.5 Å². The van der Waals surface area contributed by atoms with E-state index in [-0.39, 0.29) is 450 Å². The maximum absolute atomic E-state index is 8.55. The van der Waals surface area contributed by atoms with Crippen LogP contribution in [-0.4, -0.2) is 57.4 Å². The zero-order valence-electron chi connectivity index (χ0n) is 49.4. The van der Waals surface area contributed by atoms with Gasteiger partial charge < -0.3 is 231 Å². The van der Waals surface area contributed by atoms with Crippen LogP contribution < -0.4 is 28.9 Å². The van der Waals surface area contributed by atoms with Crippen LogP contribution in [0.25, 0.3) is 0 Å². The molecule has 59 heteroatoms. The molecule has 3 aromatic rings. The minimum atomic E-state index is -5.39. The van der Waals surface area contributed by atoms with Crippen LogP contribution in [0.5, 0.6) is 17.2 Å². The molecule has 0 aromatic heterocycles. The molecule has 95 heavy (non-hydrogen) atoms. The first-order valence-corrected chi connectivity index (χ1v) is 22.7. The van der Waals surface area contributed by atoms with Crippen LogP contribution in [0.4, 0.5) is 0 Å². The Morgan fingerprint density at radius 3 is 0.432 bits per heavy atom. The van der Waals surface area contributed by atoms with Crippen molar-refractivity contribution in [2.45, 2.75) is 74.0 Å². The molecule has 0 radical (unpaired) electrons. The largest absolute Gasteiger partial charge is 2.00 e. The Hall–Kier alpha value is 5.04. The zero-order chi connectivity index (χ0) is 35.7. The van der Waals surface area contributed by atoms with Crippen molar-refractivity contribution in [3.63, 3.8) is 0 Å². The third-order valence-electron chi connectivity index (χ3n) is 6.80. The van der Waals surface area contributed by atoms with E-state index in [2.05, 4.69) is 75.9 Å². The Kier molecular flexibility index (Phi) is 981. The maximum Gasteiger partial charge on any atom is 0.154 e. The molecule has 0 spiro atoms. The second-order valence-corrected chi connectivity index (χ2v) is 17.9. The van der Waals surface area contributed by atoms with E-state index in [9.17, 15) is 0 Å². The number of hydrogen-bond donors (Lipinski definition) is 0. The molecule has 0 N–H and O–H groups in total. The van der Waals surface area contributed by atoms with Crippen LogP contribution in [-0.2, 0) is 487 Å². The van der Waals surface area contributed by atoms with Gasteiger partial charge in [0.25, 0.3) is 0 Å². The van der Waals surface area contributed by atoms with Crippen molar-refractivity contribution in [2.24, 2.45) is 0 Å². The summed E-state index contributed by atoms with van der Waals surface area (Å²) in [6, 6.07) is 25.3. The molecule has 3 unspecified atom stereocenters. The Morgan fingerprint density at radius 2 is 0.358 bits per heavy atom. The number of phosphoric acid groups is 1. The first kappa shape index (κ1) is 377. The van der Waals surface area contributed by atoms with Gasteiger partial charge in [0.15, 0.2) is 14.7 Å². The molecule has 626 valence electrons. The number of ether oxygens (including phenoxy) is 3. The van der Waals surface area contributed by atoms with Gasteiger partial charge in [-0.25, -0.2) is 0 Å². The molecule has 3 rings (SSSR count). The van der Waals surface area contributed by atoms with Gasteiger partial charge in [0, 0.05) is 285 Å². The number of rotatable bonds is 15. The molecular formula is C36H57Mo12O43PS3-72. The van der Waals surface area contributed by atoms with E-state index >= 15 is 0 Å². The van der Waals surface area contributed by atoms with Gasteiger partial charge in [0.1, 0.15) is 53.3 Å². The number of methoxy groups -OCH3 is 3. The quantitative estimate of drug-likeness (QED) is 0.124. The molecule has 0 saturated carbocycles. The van der Waals surface area contributed by atoms with Crippen LogP contribution in [0.1, 0.15) is 59.3 Å². The van der Waals surface area contributed by atoms with Crippen molar-refractivity contribution >= 4 is 40.5 Å². The minimum Gasteiger partial charge on any atom is -2.00 e. The van der Waals surface area contributed by atoms with Crippen LogP contribution in [0.15, 0.2) is 87.5 Å². The predicted octanol–water partition coefficient (Wildman–Crippen LogP) is 2.18. The Labute approximate surface area is 736 Å². The Morgan fingerprint density at radius 1 is 0.263 bits per heavy atom. The maximum atomic E-state index is 8.55. The molecule has 0 aliphatic heterocycles. The van der Waals surface area contributed by atoms with Gasteiger partial charge in [0.2, 0.25) is 0 Å². The summed E-state index contributed by atoms with van der Waals surface area (Å²) in [7, 11) is 0.932. The van der Waals surface area contributed by atoms with Gasteiger partial charge in [-0.2, -0.15) is 7.82 Å². The van der Waals surface area contributed by atoms with E-state index in [0.29, 0.717) is 32.7 Å². The van der Waals surface area contributed by atoms with Crippen LogP contribution >= 0.6 is 7.82 Å². The summed E-state index contributed by atoms with van der Waals surface area (Å²) < 4.78 is 23.9. The molecule has 0 saturated heterocycles. The van der Waals surface area contributed by atoms with Gasteiger partial charge >= 0.3 is 0 Å². The van der Waals surface area contributed by atoms with Gasteiger partial charge in [-0.15, -0.1) is 0 Å². The zero-order valence-corrected chi connectivity index (χ0v) is 76.8. The van der Waals surface area contributed by atoms with Gasteiger partial charge in [-0.3, -0.25) is 0 Å². The molecular weight excluding hydrogens is 2400 g/mol. The topological polar surface area (TPSA) is 1140 Å². The third kappa shape index (κ3) is 220. The van der Waals surface area contributed by atoms with E-state index in [0.717, 1.165) is 17.2 Å². The minimum absolute atomic E-state index is 0. The Balaban J connectivity index is -0.00000000551. The second-order valence-electron chi connectivity index (χ2n) is 10.6. The van der Waals surface area contributed by atoms with Crippen molar-refractivity contribution in [1.29, 1.82) is 0 Å². The second kappa shape index (κ2) is 247. The van der Waals surface area contributed by atoms with Crippen molar-refractivity contribution in [3.8, 4) is 17.2 Å². The predicted molar refractivity (Wildman–Crippen MR) is 225 cm³/mol. The summed E-state index contributed by atoms with van der Waals surface area (Å²) in [6.45, 7) is 6.72. The van der Waals surface area contributed by atoms with Crippen molar-refractivity contribution in [3.05, 3.63) is 72.8 Å². The summed E-state index contributed by atoms with van der Waals surface area (Å²) in [5.41, 5.74) is 0. The summed E-state index contributed by atoms with van der Waals surface area (Å²) in [5.74, 6) is 6.76. The van der Waals surface area contributed by atoms with Gasteiger partial charge in [-0.05, 0) is 92.1 Å². The molecule has 43 nitrogen and oxygen atoms in total. The average Bonchev–Trinajstić information content (AvgIpc) is 3.08. The fraction of sp³-hybridized carbons (Fsp3) is 0.500. The van der Waals surface area contributed by atoms with Crippen LogP contribution in [0.3, 0.4) is 0 Å². The van der Waals surface area contributed by atoms with Gasteiger partial charge in [-0.1, -0.05) is 40.0 Å². The van der Waals surface area contributed by atoms with Crippen LogP contribution in [0.2, 0.25) is 0 Å². The summed E-state index contributed by atoms with van der Waals surface area (Å²) in [4.78, 5) is 30.0. The molecule has 0 aliphatic carbocycles. The monoisotopic (exact) mass is 2480 g/mol. The molecule has 3 aromatic carbocycles. The SMILES string of the molecule is CCCC[S+](C)c1ccc(OC)cc1.CCCC[S+](C)c1ccc(OC)cc1.CCCC[S+](C)c1ccc(OC)cc1.O=P([O-])([O-])[O-].[Mo].[Mo].[Mo].[Mo].[Mo].[Mo].[Mo].[Mo].[Mo].[Mo].[Mo].[Mo].[O-2].[O-2].[O-2].[O-2].[O-2].[O-2].[O-2].[O-2].[O-2].[O-2].[O-2].[O-2].[O-2].[O-2].[O-2].[O-2].[O-2].[O-2].[O-2].[O-2].[O-2].[O-2].[O-2].[O-2].[O-2].[O-2].[O-2].[O-2].[O-2].[O-2].[O-2].[O-2].[O-2].[O-2].[O-2].[O-2]. The van der Waals surface area contributed by atoms with Gasteiger partial charge in [0.05, 0.1) is 21.3 Å². The van der Waals surface area contributed by atoms with E-state index in [1.807, 2.05) is 36.4 Å². The van der Waals surface area contributed by atoms with Crippen molar-refractivity contribution < 1.29 is 483 Å². The molecule has 0 amide bonds. The first-order chi connectivity index (χ1) is 22.3. The van der Waals surface area contributed by atoms with Crippen LogP contribution in [0, 0.1) is 0 Å². The standard InChI is InChI=1S/3C12H19OS.12Mo.H3O4P.36O/c3*1-4-5-10-14(3)12-8-6-11(13-2)7-9-12;;;;;;;;;;;;;1-5(2,3)4;;;;;;;;;;;;;;;;;;;;;;;;;;;;;;;;;;;;/h3*6-9H,4-5,10H2,1-3H3;;;;;;;;;;;;;(H3,1,2,3,4);;;;;;;;;;;;;;;;;;;;;;;;;;;;;;;;;;;;/q3*+1;;;;;;;;;;;;;;36*-2/p-3. The molecule has 3 atom stereocenters. The molecule has 0 aliphatic rings. The summed E-state index contributed by atoms with van der Waals surface area (Å²) in [5, 5.41) is 0. The molecule has 0 heterocycles. The van der Waals surface area contributed by atoms with Crippen molar-refractivity contribution in [2.75, 3.05) is 57.4 Å². The number of hydrogen-bond acceptors (Lipinski definition) is 7. The Bertz CT molecular complexity index is 1170. The van der Waals surface area contributed by atoms with E-state index < -0.39 is 7.82 Å². The number of unbranched alkanes of at least 4 members (excludes halogenated alkanes) is 3. The number of benzene rings is 3.